The molecule has 2 aliphatic rings. The normalized spacial score (nSPS) is 39.8. The van der Waals surface area contributed by atoms with Gasteiger partial charge in [-0.2, -0.15) is 0 Å². The molecule has 1 saturated carbocycles. The third-order valence-electron chi connectivity index (χ3n) is 4.32. The average Bonchev–Trinajstić information content (AvgIpc) is 2.30. The molecule has 1 heterocycles. The van der Waals surface area contributed by atoms with Gasteiger partial charge in [0.1, 0.15) is 0 Å². The van der Waals surface area contributed by atoms with E-state index in [4.69, 9.17) is 8.85 Å². The Balaban J connectivity index is 2.08. The first-order chi connectivity index (χ1) is 7.76. The number of piperidine rings is 1. The standard InChI is InChI=1S/C12H25NO2Si/c1-9-8-10-6-4-5-7-11(10)12(13-9)16(14-2)15-3/h9-13,16H,4-8H2,1-3H3. The number of fused-ring (bicyclic) bond motifs is 1. The van der Waals surface area contributed by atoms with E-state index in [1.54, 1.807) is 14.2 Å². The van der Waals surface area contributed by atoms with Crippen molar-refractivity contribution >= 4 is 9.28 Å². The van der Waals surface area contributed by atoms with Gasteiger partial charge in [0.15, 0.2) is 0 Å². The summed E-state index contributed by atoms with van der Waals surface area (Å²) < 4.78 is 11.2. The van der Waals surface area contributed by atoms with Crippen LogP contribution in [0.1, 0.15) is 39.0 Å². The van der Waals surface area contributed by atoms with Crippen LogP contribution in [0.25, 0.3) is 0 Å². The molecule has 2 fully saturated rings. The molecule has 2 rings (SSSR count). The Morgan fingerprint density at radius 3 is 2.50 bits per heavy atom. The second-order valence-electron chi connectivity index (χ2n) is 5.38. The van der Waals surface area contributed by atoms with Gasteiger partial charge in [-0.05, 0) is 31.6 Å². The Bertz CT molecular complexity index is 223. The van der Waals surface area contributed by atoms with Crippen LogP contribution in [0.3, 0.4) is 0 Å². The molecule has 16 heavy (non-hydrogen) atoms. The van der Waals surface area contributed by atoms with Gasteiger partial charge in [-0.3, -0.25) is 0 Å². The van der Waals surface area contributed by atoms with E-state index < -0.39 is 9.28 Å². The van der Waals surface area contributed by atoms with Gasteiger partial charge in [0.25, 0.3) is 0 Å². The Labute approximate surface area is 101 Å². The maximum Gasteiger partial charge on any atom is 0.338 e. The zero-order valence-corrected chi connectivity index (χ0v) is 11.9. The lowest BCUT2D eigenvalue weighted by atomic mass is 9.73. The van der Waals surface area contributed by atoms with E-state index in [1.807, 2.05) is 0 Å². The summed E-state index contributed by atoms with van der Waals surface area (Å²) in [6, 6.07) is 0.629. The van der Waals surface area contributed by atoms with Crippen molar-refractivity contribution in [3.63, 3.8) is 0 Å². The predicted molar refractivity (Wildman–Crippen MR) is 67.6 cm³/mol. The van der Waals surface area contributed by atoms with Crippen LogP contribution in [0, 0.1) is 11.8 Å². The highest BCUT2D eigenvalue weighted by molar-refractivity contribution is 6.46. The van der Waals surface area contributed by atoms with Crippen LogP contribution >= 0.6 is 0 Å². The van der Waals surface area contributed by atoms with Gasteiger partial charge in [0.05, 0.1) is 5.67 Å². The molecule has 0 aromatic carbocycles. The first-order valence-corrected chi connectivity index (χ1v) is 8.19. The van der Waals surface area contributed by atoms with E-state index in [-0.39, 0.29) is 0 Å². The van der Waals surface area contributed by atoms with Crippen molar-refractivity contribution < 1.29 is 8.85 Å². The van der Waals surface area contributed by atoms with Crippen molar-refractivity contribution in [2.24, 2.45) is 11.8 Å². The van der Waals surface area contributed by atoms with Crippen LogP contribution in [0.15, 0.2) is 0 Å². The molecule has 0 radical (unpaired) electrons. The maximum absolute atomic E-state index is 5.59. The highest BCUT2D eigenvalue weighted by Gasteiger charge is 2.42. The molecule has 0 amide bonds. The van der Waals surface area contributed by atoms with Gasteiger partial charge < -0.3 is 14.2 Å². The summed E-state index contributed by atoms with van der Waals surface area (Å²) in [5, 5.41) is 3.73. The molecule has 1 aliphatic heterocycles. The predicted octanol–water partition coefficient (Wildman–Crippen LogP) is 1.60. The third-order valence-corrected chi connectivity index (χ3v) is 6.52. The van der Waals surface area contributed by atoms with Crippen molar-refractivity contribution in [2.45, 2.75) is 50.7 Å². The first kappa shape index (κ1) is 12.6. The van der Waals surface area contributed by atoms with E-state index in [0.717, 1.165) is 11.8 Å². The molecule has 1 aliphatic carbocycles. The van der Waals surface area contributed by atoms with Gasteiger partial charge in [-0.15, -0.1) is 0 Å². The maximum atomic E-state index is 5.59. The topological polar surface area (TPSA) is 30.5 Å². The largest absolute Gasteiger partial charge is 0.399 e. The Hall–Kier alpha value is 0.0969. The minimum absolute atomic E-state index is 0.518. The van der Waals surface area contributed by atoms with Gasteiger partial charge in [-0.25, -0.2) is 0 Å². The highest BCUT2D eigenvalue weighted by atomic mass is 28.3. The fourth-order valence-corrected chi connectivity index (χ4v) is 5.82. The van der Waals surface area contributed by atoms with Crippen molar-refractivity contribution in [3.05, 3.63) is 0 Å². The molecule has 4 atom stereocenters. The second kappa shape index (κ2) is 5.62. The number of nitrogens with one attached hydrogen (secondary N) is 1. The summed E-state index contributed by atoms with van der Waals surface area (Å²) in [5.74, 6) is 1.72. The lowest BCUT2D eigenvalue weighted by Gasteiger charge is -2.46. The van der Waals surface area contributed by atoms with Crippen LogP contribution in [-0.2, 0) is 8.85 Å². The van der Waals surface area contributed by atoms with Crippen molar-refractivity contribution in [2.75, 3.05) is 14.2 Å². The number of rotatable bonds is 3. The van der Waals surface area contributed by atoms with E-state index in [1.165, 1.54) is 32.1 Å². The summed E-state index contributed by atoms with van der Waals surface area (Å²) in [7, 11) is 2.09. The molecule has 94 valence electrons. The van der Waals surface area contributed by atoms with Gasteiger partial charge in [0.2, 0.25) is 0 Å². The monoisotopic (exact) mass is 243 g/mol. The van der Waals surface area contributed by atoms with E-state index >= 15 is 0 Å². The molecule has 1 N–H and O–H groups in total. The molecule has 0 aromatic rings. The SMILES string of the molecule is CO[SiH](OC)C1NC(C)CC2CCCCC21. The van der Waals surface area contributed by atoms with Crippen LogP contribution in [0.2, 0.25) is 0 Å². The quantitative estimate of drug-likeness (QED) is 0.764. The Morgan fingerprint density at radius 1 is 1.12 bits per heavy atom. The van der Waals surface area contributed by atoms with Gasteiger partial charge in [0, 0.05) is 20.3 Å². The summed E-state index contributed by atoms with van der Waals surface area (Å²) in [5.41, 5.74) is 0.518. The average molecular weight is 243 g/mol. The summed E-state index contributed by atoms with van der Waals surface area (Å²) in [6.45, 7) is 2.30. The zero-order valence-electron chi connectivity index (χ0n) is 10.7. The summed E-state index contributed by atoms with van der Waals surface area (Å²) in [6.07, 6.45) is 6.94. The zero-order chi connectivity index (χ0) is 11.5. The summed E-state index contributed by atoms with van der Waals surface area (Å²) >= 11 is 0. The van der Waals surface area contributed by atoms with Crippen molar-refractivity contribution in [1.29, 1.82) is 0 Å². The third kappa shape index (κ3) is 2.50. The Morgan fingerprint density at radius 2 is 1.81 bits per heavy atom. The first-order valence-electron chi connectivity index (χ1n) is 6.58. The summed E-state index contributed by atoms with van der Waals surface area (Å²) in [4.78, 5) is 0. The minimum Gasteiger partial charge on any atom is -0.399 e. The highest BCUT2D eigenvalue weighted by Crippen LogP contribution is 2.39. The number of hydrogen-bond acceptors (Lipinski definition) is 3. The van der Waals surface area contributed by atoms with E-state index in [9.17, 15) is 0 Å². The molecule has 0 aromatic heterocycles. The smallest absolute Gasteiger partial charge is 0.338 e. The minimum atomic E-state index is -1.52. The number of hydrogen-bond donors (Lipinski definition) is 1. The molecule has 0 bridgehead atoms. The molecule has 0 spiro atoms. The molecule has 4 heteroatoms. The fraction of sp³-hybridized carbons (Fsp3) is 1.00. The van der Waals surface area contributed by atoms with Gasteiger partial charge in [-0.1, -0.05) is 19.3 Å². The lowest BCUT2D eigenvalue weighted by molar-refractivity contribution is 0.115. The van der Waals surface area contributed by atoms with E-state index in [0.29, 0.717) is 11.7 Å². The second-order valence-corrected chi connectivity index (χ2v) is 7.78. The van der Waals surface area contributed by atoms with Crippen LogP contribution in [-0.4, -0.2) is 35.2 Å². The fourth-order valence-electron chi connectivity index (χ4n) is 3.65. The van der Waals surface area contributed by atoms with Crippen molar-refractivity contribution in [3.8, 4) is 0 Å². The molecular formula is C12H25NO2Si. The van der Waals surface area contributed by atoms with Crippen molar-refractivity contribution in [1.82, 2.24) is 5.32 Å². The molecule has 1 saturated heterocycles. The molecule has 3 nitrogen and oxygen atoms in total. The van der Waals surface area contributed by atoms with Crippen LogP contribution < -0.4 is 5.32 Å². The van der Waals surface area contributed by atoms with E-state index in [2.05, 4.69) is 12.2 Å². The Kier molecular flexibility index (Phi) is 4.41. The lowest BCUT2D eigenvalue weighted by Crippen LogP contribution is -2.59. The van der Waals surface area contributed by atoms with Gasteiger partial charge >= 0.3 is 9.28 Å². The van der Waals surface area contributed by atoms with Crippen LogP contribution in [0.5, 0.6) is 0 Å². The molecular weight excluding hydrogens is 218 g/mol. The molecule has 4 unspecified atom stereocenters. The van der Waals surface area contributed by atoms with Crippen LogP contribution in [0.4, 0.5) is 0 Å².